The number of benzene rings is 1. The summed E-state index contributed by atoms with van der Waals surface area (Å²) >= 11 is 3.44. The van der Waals surface area contributed by atoms with Crippen LogP contribution in [0, 0.1) is 0 Å². The van der Waals surface area contributed by atoms with Gasteiger partial charge in [0.15, 0.2) is 5.82 Å². The second kappa shape index (κ2) is 5.49. The van der Waals surface area contributed by atoms with Crippen molar-refractivity contribution >= 4 is 21.6 Å². The number of tetrazole rings is 1. The quantitative estimate of drug-likeness (QED) is 0.870. The summed E-state index contributed by atoms with van der Waals surface area (Å²) in [5, 5.41) is 12.0. The zero-order chi connectivity index (χ0) is 14.1. The Balaban J connectivity index is 1.96. The zero-order valence-electron chi connectivity index (χ0n) is 11.2. The normalized spacial score (nSPS) is 20.2. The van der Waals surface area contributed by atoms with Gasteiger partial charge in [-0.3, -0.25) is 0 Å². The minimum atomic E-state index is 0.0997. The van der Waals surface area contributed by atoms with E-state index >= 15 is 0 Å². The predicted octanol–water partition coefficient (Wildman–Crippen LogP) is 2.42. The van der Waals surface area contributed by atoms with Gasteiger partial charge in [-0.05, 0) is 48.4 Å². The van der Waals surface area contributed by atoms with Gasteiger partial charge in [0.2, 0.25) is 0 Å². The van der Waals surface area contributed by atoms with Gasteiger partial charge >= 0.3 is 0 Å². The largest absolute Gasteiger partial charge is 0.399 e. The predicted molar refractivity (Wildman–Crippen MR) is 79.1 cm³/mol. The van der Waals surface area contributed by atoms with E-state index in [1.807, 2.05) is 22.9 Å². The van der Waals surface area contributed by atoms with Crippen LogP contribution in [-0.2, 0) is 4.74 Å². The van der Waals surface area contributed by atoms with Crippen molar-refractivity contribution in [3.8, 4) is 11.4 Å². The molecule has 2 aromatic rings. The Morgan fingerprint density at radius 1 is 1.45 bits per heavy atom. The van der Waals surface area contributed by atoms with Crippen LogP contribution in [0.15, 0.2) is 22.7 Å². The molecular formula is C13H16BrN5O. The molecule has 1 fully saturated rings. The van der Waals surface area contributed by atoms with Gasteiger partial charge in [0.25, 0.3) is 0 Å². The van der Waals surface area contributed by atoms with Crippen LogP contribution >= 0.6 is 15.9 Å². The van der Waals surface area contributed by atoms with Gasteiger partial charge in [-0.1, -0.05) is 15.9 Å². The van der Waals surface area contributed by atoms with Crippen LogP contribution in [0.3, 0.4) is 0 Å². The lowest BCUT2D eigenvalue weighted by molar-refractivity contribution is 0.0690. The van der Waals surface area contributed by atoms with E-state index in [1.54, 1.807) is 0 Å². The third-order valence-corrected chi connectivity index (χ3v) is 4.02. The lowest BCUT2D eigenvalue weighted by Gasteiger charge is -2.19. The molecule has 7 heteroatoms. The topological polar surface area (TPSA) is 78.8 Å². The maximum Gasteiger partial charge on any atom is 0.182 e. The van der Waals surface area contributed by atoms with E-state index < -0.39 is 0 Å². The van der Waals surface area contributed by atoms with E-state index in [1.165, 1.54) is 0 Å². The molecule has 3 rings (SSSR count). The summed E-state index contributed by atoms with van der Waals surface area (Å²) in [6.45, 7) is 2.90. The highest BCUT2D eigenvalue weighted by atomic mass is 79.9. The van der Waals surface area contributed by atoms with E-state index in [4.69, 9.17) is 10.5 Å². The molecule has 0 bridgehead atoms. The molecule has 0 radical (unpaired) electrons. The summed E-state index contributed by atoms with van der Waals surface area (Å²) in [4.78, 5) is 0. The van der Waals surface area contributed by atoms with Crippen molar-refractivity contribution in [1.29, 1.82) is 0 Å². The van der Waals surface area contributed by atoms with E-state index in [0.717, 1.165) is 29.5 Å². The highest BCUT2D eigenvalue weighted by Crippen LogP contribution is 2.29. The monoisotopic (exact) mass is 337 g/mol. The fourth-order valence-corrected chi connectivity index (χ4v) is 3.05. The molecule has 2 N–H and O–H groups in total. The Kier molecular flexibility index (Phi) is 3.71. The third kappa shape index (κ3) is 2.55. The molecule has 0 amide bonds. The standard InChI is InChI=1S/C13H16BrN5O/c1-8(12-3-2-4-20-12)19-13(16-17-18-19)9-5-10(14)7-11(15)6-9/h5-8,12H,2-4,15H2,1H3. The molecule has 1 aliphatic rings. The van der Waals surface area contributed by atoms with Gasteiger partial charge in [-0.2, -0.15) is 0 Å². The van der Waals surface area contributed by atoms with Crippen LogP contribution < -0.4 is 5.73 Å². The van der Waals surface area contributed by atoms with E-state index in [9.17, 15) is 0 Å². The molecule has 2 atom stereocenters. The first-order valence-corrected chi connectivity index (χ1v) is 7.40. The molecule has 1 aromatic carbocycles. The first-order valence-electron chi connectivity index (χ1n) is 6.61. The minimum absolute atomic E-state index is 0.0997. The smallest absolute Gasteiger partial charge is 0.182 e. The third-order valence-electron chi connectivity index (χ3n) is 3.56. The highest BCUT2D eigenvalue weighted by Gasteiger charge is 2.27. The number of nitrogens with two attached hydrogens (primary N) is 1. The van der Waals surface area contributed by atoms with Crippen molar-refractivity contribution in [3.05, 3.63) is 22.7 Å². The molecule has 1 aromatic heterocycles. The Hall–Kier alpha value is -1.47. The maximum atomic E-state index is 5.88. The van der Waals surface area contributed by atoms with E-state index in [-0.39, 0.29) is 12.1 Å². The van der Waals surface area contributed by atoms with Gasteiger partial charge in [-0.15, -0.1) is 5.10 Å². The Labute approximate surface area is 125 Å². The zero-order valence-corrected chi connectivity index (χ0v) is 12.7. The average molecular weight is 338 g/mol. The van der Waals surface area contributed by atoms with Crippen molar-refractivity contribution < 1.29 is 4.74 Å². The van der Waals surface area contributed by atoms with Crippen LogP contribution in [0.25, 0.3) is 11.4 Å². The van der Waals surface area contributed by atoms with Crippen LogP contribution in [-0.4, -0.2) is 32.9 Å². The number of nitrogen functional groups attached to an aromatic ring is 1. The maximum absolute atomic E-state index is 5.88. The summed E-state index contributed by atoms with van der Waals surface area (Å²) in [5.41, 5.74) is 7.45. The van der Waals surface area contributed by atoms with Crippen molar-refractivity contribution in [2.75, 3.05) is 12.3 Å². The Morgan fingerprint density at radius 3 is 3.00 bits per heavy atom. The fourth-order valence-electron chi connectivity index (χ4n) is 2.54. The molecule has 2 unspecified atom stereocenters. The van der Waals surface area contributed by atoms with E-state index in [0.29, 0.717) is 11.5 Å². The summed E-state index contributed by atoms with van der Waals surface area (Å²) in [7, 11) is 0. The number of anilines is 1. The van der Waals surface area contributed by atoms with Crippen LogP contribution in [0.4, 0.5) is 5.69 Å². The average Bonchev–Trinajstić information content (AvgIpc) is 3.08. The van der Waals surface area contributed by atoms with Crippen LogP contribution in [0.2, 0.25) is 0 Å². The summed E-state index contributed by atoms with van der Waals surface area (Å²) in [6.07, 6.45) is 2.30. The summed E-state index contributed by atoms with van der Waals surface area (Å²) in [5.74, 6) is 0.709. The number of hydrogen-bond acceptors (Lipinski definition) is 5. The highest BCUT2D eigenvalue weighted by molar-refractivity contribution is 9.10. The van der Waals surface area contributed by atoms with Gasteiger partial charge in [0.1, 0.15) is 0 Å². The van der Waals surface area contributed by atoms with E-state index in [2.05, 4.69) is 38.4 Å². The molecular weight excluding hydrogens is 322 g/mol. The SMILES string of the molecule is CC(C1CCCO1)n1nnnc1-c1cc(N)cc(Br)c1. The molecule has 2 heterocycles. The number of rotatable bonds is 3. The second-order valence-electron chi connectivity index (χ2n) is 5.01. The lowest BCUT2D eigenvalue weighted by Crippen LogP contribution is -2.22. The molecule has 1 saturated heterocycles. The molecule has 106 valence electrons. The minimum Gasteiger partial charge on any atom is -0.399 e. The number of nitrogens with zero attached hydrogens (tertiary/aromatic N) is 4. The molecule has 20 heavy (non-hydrogen) atoms. The number of aromatic nitrogens is 4. The van der Waals surface area contributed by atoms with Crippen LogP contribution in [0.5, 0.6) is 0 Å². The molecule has 0 aliphatic carbocycles. The van der Waals surface area contributed by atoms with Gasteiger partial charge in [0.05, 0.1) is 12.1 Å². The summed E-state index contributed by atoms with van der Waals surface area (Å²) in [6, 6.07) is 5.78. The van der Waals surface area contributed by atoms with Crippen molar-refractivity contribution in [2.45, 2.75) is 31.9 Å². The number of hydrogen-bond donors (Lipinski definition) is 1. The Morgan fingerprint density at radius 2 is 2.30 bits per heavy atom. The summed E-state index contributed by atoms with van der Waals surface area (Å²) < 4.78 is 8.45. The van der Waals surface area contributed by atoms with Gasteiger partial charge in [0, 0.05) is 22.3 Å². The number of halogens is 1. The van der Waals surface area contributed by atoms with Crippen LogP contribution in [0.1, 0.15) is 25.8 Å². The second-order valence-corrected chi connectivity index (χ2v) is 5.93. The van der Waals surface area contributed by atoms with Crippen molar-refractivity contribution in [3.63, 3.8) is 0 Å². The molecule has 6 nitrogen and oxygen atoms in total. The fraction of sp³-hybridized carbons (Fsp3) is 0.462. The first kappa shape index (κ1) is 13.5. The molecule has 0 saturated carbocycles. The van der Waals surface area contributed by atoms with Crippen molar-refractivity contribution in [2.24, 2.45) is 0 Å². The van der Waals surface area contributed by atoms with Gasteiger partial charge in [-0.25, -0.2) is 4.68 Å². The Bertz CT molecular complexity index is 588. The molecule has 0 spiro atoms. The lowest BCUT2D eigenvalue weighted by atomic mass is 10.1. The number of ether oxygens (including phenoxy) is 1. The molecule has 1 aliphatic heterocycles. The van der Waals surface area contributed by atoms with Crippen molar-refractivity contribution in [1.82, 2.24) is 20.2 Å². The first-order chi connectivity index (χ1) is 9.65. The van der Waals surface area contributed by atoms with Gasteiger partial charge < -0.3 is 10.5 Å².